The van der Waals surface area contributed by atoms with Crippen LogP contribution in [0.5, 0.6) is 0 Å². The molecule has 0 bridgehead atoms. The van der Waals surface area contributed by atoms with Crippen LogP contribution in [0.25, 0.3) is 0 Å². The smallest absolute Gasteiger partial charge is 0.136 e. The molecule has 0 saturated heterocycles. The van der Waals surface area contributed by atoms with Crippen molar-refractivity contribution in [1.29, 1.82) is 0 Å². The Morgan fingerprint density at radius 1 is 1.31 bits per heavy atom. The first-order valence-corrected chi connectivity index (χ1v) is 5.48. The maximum atomic E-state index is 11.6. The van der Waals surface area contributed by atoms with Gasteiger partial charge >= 0.3 is 0 Å². The molecule has 1 aliphatic rings. The molecular weight excluding hydrogens is 160 g/mol. The van der Waals surface area contributed by atoms with Crippen molar-refractivity contribution in [3.63, 3.8) is 0 Å². The molecule has 1 saturated carbocycles. The van der Waals surface area contributed by atoms with E-state index in [4.69, 9.17) is 0 Å². The summed E-state index contributed by atoms with van der Waals surface area (Å²) in [5.74, 6) is 0.828. The van der Waals surface area contributed by atoms with Crippen LogP contribution in [0.15, 0.2) is 12.2 Å². The molecule has 1 nitrogen and oxygen atoms in total. The second kappa shape index (κ2) is 5.95. The van der Waals surface area contributed by atoms with Gasteiger partial charge in [-0.1, -0.05) is 31.4 Å². The Kier molecular flexibility index (Phi) is 4.81. The van der Waals surface area contributed by atoms with E-state index in [1.165, 1.54) is 19.3 Å². The summed E-state index contributed by atoms with van der Waals surface area (Å²) in [5, 5.41) is 0. The number of carbonyl (C=O) groups excluding carboxylic acids is 1. The average Bonchev–Trinajstić information content (AvgIpc) is 2.11. The zero-order valence-electron chi connectivity index (χ0n) is 8.59. The second-order valence-electron chi connectivity index (χ2n) is 3.92. The molecule has 1 rings (SSSR count). The summed E-state index contributed by atoms with van der Waals surface area (Å²) >= 11 is 0. The number of ketones is 1. The summed E-state index contributed by atoms with van der Waals surface area (Å²) in [4.78, 5) is 11.6. The van der Waals surface area contributed by atoms with Gasteiger partial charge in [0, 0.05) is 12.3 Å². The average molecular weight is 180 g/mol. The van der Waals surface area contributed by atoms with Crippen molar-refractivity contribution in [2.45, 2.75) is 51.9 Å². The predicted octanol–water partition coefficient (Wildman–Crippen LogP) is 3.49. The SMILES string of the molecule is C/C=C/CC1CCCCCCC1=O. The van der Waals surface area contributed by atoms with Crippen molar-refractivity contribution < 1.29 is 4.79 Å². The Bertz CT molecular complexity index is 182. The molecular formula is C12H20O. The Hall–Kier alpha value is -0.590. The fraction of sp³-hybridized carbons (Fsp3) is 0.750. The lowest BCUT2D eigenvalue weighted by Gasteiger charge is -2.16. The van der Waals surface area contributed by atoms with Gasteiger partial charge < -0.3 is 0 Å². The van der Waals surface area contributed by atoms with Crippen LogP contribution < -0.4 is 0 Å². The highest BCUT2D eigenvalue weighted by molar-refractivity contribution is 5.81. The zero-order chi connectivity index (χ0) is 9.52. The number of hydrogen-bond acceptors (Lipinski definition) is 1. The molecule has 1 unspecified atom stereocenters. The summed E-state index contributed by atoms with van der Waals surface area (Å²) in [6, 6.07) is 0. The third kappa shape index (κ3) is 3.75. The number of allylic oxidation sites excluding steroid dienone is 2. The number of rotatable bonds is 2. The second-order valence-corrected chi connectivity index (χ2v) is 3.92. The number of hydrogen-bond donors (Lipinski definition) is 0. The first kappa shape index (κ1) is 10.5. The molecule has 74 valence electrons. The summed E-state index contributed by atoms with van der Waals surface area (Å²) in [6.45, 7) is 2.02. The molecule has 0 spiro atoms. The minimum Gasteiger partial charge on any atom is -0.299 e. The van der Waals surface area contributed by atoms with Crippen molar-refractivity contribution in [3.05, 3.63) is 12.2 Å². The van der Waals surface area contributed by atoms with Crippen LogP contribution in [-0.4, -0.2) is 5.78 Å². The van der Waals surface area contributed by atoms with Gasteiger partial charge in [0.15, 0.2) is 0 Å². The Morgan fingerprint density at radius 2 is 2.08 bits per heavy atom. The van der Waals surface area contributed by atoms with E-state index in [0.29, 0.717) is 11.7 Å². The predicted molar refractivity (Wildman–Crippen MR) is 55.6 cm³/mol. The molecule has 0 aliphatic heterocycles. The molecule has 0 aromatic carbocycles. The highest BCUT2D eigenvalue weighted by atomic mass is 16.1. The Morgan fingerprint density at radius 3 is 2.85 bits per heavy atom. The summed E-state index contributed by atoms with van der Waals surface area (Å²) < 4.78 is 0. The van der Waals surface area contributed by atoms with Crippen LogP contribution in [-0.2, 0) is 4.79 Å². The van der Waals surface area contributed by atoms with Gasteiger partial charge in [-0.25, -0.2) is 0 Å². The first-order valence-electron chi connectivity index (χ1n) is 5.48. The van der Waals surface area contributed by atoms with Crippen LogP contribution in [0, 0.1) is 5.92 Å². The van der Waals surface area contributed by atoms with Gasteiger partial charge in [0.05, 0.1) is 0 Å². The highest BCUT2D eigenvalue weighted by Gasteiger charge is 2.17. The van der Waals surface area contributed by atoms with E-state index in [1.54, 1.807) is 0 Å². The van der Waals surface area contributed by atoms with Crippen molar-refractivity contribution in [2.75, 3.05) is 0 Å². The normalized spacial score (nSPS) is 25.9. The number of carbonyl (C=O) groups is 1. The van der Waals surface area contributed by atoms with Gasteiger partial charge in [0.2, 0.25) is 0 Å². The third-order valence-electron chi connectivity index (χ3n) is 2.84. The summed E-state index contributed by atoms with van der Waals surface area (Å²) in [5.41, 5.74) is 0. The topological polar surface area (TPSA) is 17.1 Å². The van der Waals surface area contributed by atoms with Gasteiger partial charge in [-0.3, -0.25) is 4.79 Å². The fourth-order valence-corrected chi connectivity index (χ4v) is 1.96. The molecule has 0 N–H and O–H groups in total. The highest BCUT2D eigenvalue weighted by Crippen LogP contribution is 2.22. The van der Waals surface area contributed by atoms with Gasteiger partial charge in [0.25, 0.3) is 0 Å². The van der Waals surface area contributed by atoms with Crippen LogP contribution in [0.2, 0.25) is 0 Å². The van der Waals surface area contributed by atoms with Crippen molar-refractivity contribution >= 4 is 5.78 Å². The molecule has 0 amide bonds. The number of Topliss-reactive ketones (excluding diaryl/α,β-unsaturated/α-hetero) is 1. The van der Waals surface area contributed by atoms with Gasteiger partial charge in [-0.05, 0) is 26.2 Å². The van der Waals surface area contributed by atoms with Crippen LogP contribution in [0.1, 0.15) is 51.9 Å². The molecule has 0 heterocycles. The first-order chi connectivity index (χ1) is 6.34. The standard InChI is InChI=1S/C12H20O/c1-2-3-8-11-9-6-4-5-7-10-12(11)13/h2-3,11H,4-10H2,1H3/b3-2+. The van der Waals surface area contributed by atoms with E-state index in [0.717, 1.165) is 25.7 Å². The lowest BCUT2D eigenvalue weighted by Crippen LogP contribution is -2.15. The van der Waals surface area contributed by atoms with Gasteiger partial charge in [-0.15, -0.1) is 0 Å². The summed E-state index contributed by atoms with van der Waals surface area (Å²) in [6.07, 6.45) is 12.0. The maximum Gasteiger partial charge on any atom is 0.136 e. The van der Waals surface area contributed by atoms with Gasteiger partial charge in [-0.2, -0.15) is 0 Å². The van der Waals surface area contributed by atoms with E-state index in [9.17, 15) is 4.79 Å². The van der Waals surface area contributed by atoms with Crippen molar-refractivity contribution in [3.8, 4) is 0 Å². The van der Waals surface area contributed by atoms with E-state index in [-0.39, 0.29) is 0 Å². The lowest BCUT2D eigenvalue weighted by molar-refractivity contribution is -0.123. The minimum absolute atomic E-state index is 0.330. The maximum absolute atomic E-state index is 11.6. The molecule has 1 fully saturated rings. The van der Waals surface area contributed by atoms with E-state index >= 15 is 0 Å². The monoisotopic (exact) mass is 180 g/mol. The Balaban J connectivity index is 2.41. The molecule has 0 aromatic heterocycles. The molecule has 0 radical (unpaired) electrons. The largest absolute Gasteiger partial charge is 0.299 e. The van der Waals surface area contributed by atoms with E-state index in [2.05, 4.69) is 6.08 Å². The van der Waals surface area contributed by atoms with Crippen LogP contribution in [0.4, 0.5) is 0 Å². The van der Waals surface area contributed by atoms with E-state index in [1.807, 2.05) is 13.0 Å². The summed E-state index contributed by atoms with van der Waals surface area (Å²) in [7, 11) is 0. The minimum atomic E-state index is 0.330. The molecule has 0 aromatic rings. The van der Waals surface area contributed by atoms with Crippen LogP contribution >= 0.6 is 0 Å². The van der Waals surface area contributed by atoms with Gasteiger partial charge in [0.1, 0.15) is 5.78 Å². The Labute approximate surface area is 81.2 Å². The van der Waals surface area contributed by atoms with Crippen molar-refractivity contribution in [1.82, 2.24) is 0 Å². The molecule has 1 aliphatic carbocycles. The third-order valence-corrected chi connectivity index (χ3v) is 2.84. The van der Waals surface area contributed by atoms with E-state index < -0.39 is 0 Å². The molecule has 13 heavy (non-hydrogen) atoms. The lowest BCUT2D eigenvalue weighted by atomic mass is 9.88. The molecule has 1 heteroatoms. The zero-order valence-corrected chi connectivity index (χ0v) is 8.59. The van der Waals surface area contributed by atoms with Crippen LogP contribution in [0.3, 0.4) is 0 Å². The van der Waals surface area contributed by atoms with Crippen molar-refractivity contribution in [2.24, 2.45) is 5.92 Å². The quantitative estimate of drug-likeness (QED) is 0.594. The molecule has 1 atom stereocenters. The fourth-order valence-electron chi connectivity index (χ4n) is 1.96.